The molecule has 4 heteroatoms. The highest BCUT2D eigenvalue weighted by atomic mass is 16.1. The maximum Gasteiger partial charge on any atom is 0.282 e. The molecule has 4 nitrogen and oxygen atoms in total. The van der Waals surface area contributed by atoms with E-state index in [1.807, 2.05) is 32.0 Å². The molecule has 0 saturated heterocycles. The number of aryl methyl sites for hydroxylation is 1. The first kappa shape index (κ1) is 10.5. The van der Waals surface area contributed by atoms with Crippen molar-refractivity contribution in [2.24, 2.45) is 5.10 Å². The lowest BCUT2D eigenvalue weighted by Crippen LogP contribution is -2.21. The van der Waals surface area contributed by atoms with Crippen LogP contribution in [0.15, 0.2) is 34.2 Å². The Bertz CT molecular complexity index is 622. The van der Waals surface area contributed by atoms with E-state index in [1.165, 1.54) is 4.68 Å². The van der Waals surface area contributed by atoms with Gasteiger partial charge < -0.3 is 0 Å². The highest BCUT2D eigenvalue weighted by Crippen LogP contribution is 2.07. The first-order chi connectivity index (χ1) is 7.59. The number of fused-ring (bicyclic) bond motifs is 1. The molecule has 0 aliphatic carbocycles. The Hall–Kier alpha value is -1.97. The number of aromatic nitrogens is 2. The average molecular weight is 215 g/mol. The van der Waals surface area contributed by atoms with Crippen LogP contribution < -0.4 is 5.56 Å². The molecule has 0 spiro atoms. The predicted molar refractivity (Wildman–Crippen MR) is 64.9 cm³/mol. The Kier molecular flexibility index (Phi) is 2.56. The minimum absolute atomic E-state index is 0.121. The standard InChI is InChI=1S/C12H13N3O/c1-8(2)14-15-9(3)13-11-7-5-4-6-10(11)12(15)16/h4-7H,1-3H3. The zero-order valence-corrected chi connectivity index (χ0v) is 9.56. The fourth-order valence-electron chi connectivity index (χ4n) is 1.55. The second-order valence-electron chi connectivity index (χ2n) is 3.84. The van der Waals surface area contributed by atoms with Gasteiger partial charge in [-0.2, -0.15) is 9.78 Å². The Morgan fingerprint density at radius 2 is 2.00 bits per heavy atom. The molecule has 0 N–H and O–H groups in total. The summed E-state index contributed by atoms with van der Waals surface area (Å²) in [6, 6.07) is 7.29. The van der Waals surface area contributed by atoms with Crippen molar-refractivity contribution in [1.29, 1.82) is 0 Å². The molecule has 1 heterocycles. The van der Waals surface area contributed by atoms with E-state index in [1.54, 1.807) is 13.0 Å². The van der Waals surface area contributed by atoms with Crippen LogP contribution in [0.2, 0.25) is 0 Å². The van der Waals surface area contributed by atoms with Gasteiger partial charge in [-0.15, -0.1) is 0 Å². The van der Waals surface area contributed by atoms with Gasteiger partial charge in [-0.05, 0) is 32.9 Å². The van der Waals surface area contributed by atoms with E-state index in [-0.39, 0.29) is 5.56 Å². The Morgan fingerprint density at radius 1 is 1.31 bits per heavy atom. The molecule has 1 aromatic heterocycles. The third-order valence-corrected chi connectivity index (χ3v) is 2.22. The molecule has 2 aromatic rings. The van der Waals surface area contributed by atoms with Crippen LogP contribution in [-0.4, -0.2) is 15.4 Å². The largest absolute Gasteiger partial charge is 0.282 e. The van der Waals surface area contributed by atoms with Gasteiger partial charge in [0.25, 0.3) is 5.56 Å². The molecule has 2 rings (SSSR count). The number of hydrogen-bond acceptors (Lipinski definition) is 3. The van der Waals surface area contributed by atoms with Gasteiger partial charge in [-0.25, -0.2) is 4.98 Å². The third-order valence-electron chi connectivity index (χ3n) is 2.22. The molecule has 16 heavy (non-hydrogen) atoms. The quantitative estimate of drug-likeness (QED) is 0.682. The number of hydrogen-bond donors (Lipinski definition) is 0. The Labute approximate surface area is 93.2 Å². The molecule has 0 saturated carbocycles. The number of nitrogens with zero attached hydrogens (tertiary/aromatic N) is 3. The van der Waals surface area contributed by atoms with Gasteiger partial charge in [-0.3, -0.25) is 4.79 Å². The third kappa shape index (κ3) is 1.74. The number of rotatable bonds is 1. The molecule has 0 unspecified atom stereocenters. The van der Waals surface area contributed by atoms with Crippen LogP contribution in [-0.2, 0) is 0 Å². The summed E-state index contributed by atoms with van der Waals surface area (Å²) in [4.78, 5) is 16.4. The average Bonchev–Trinajstić information content (AvgIpc) is 2.24. The highest BCUT2D eigenvalue weighted by molar-refractivity contribution is 5.80. The lowest BCUT2D eigenvalue weighted by molar-refractivity contribution is 0.765. The lowest BCUT2D eigenvalue weighted by atomic mass is 10.2. The zero-order valence-electron chi connectivity index (χ0n) is 9.56. The number of benzene rings is 1. The Balaban J connectivity index is 2.86. The van der Waals surface area contributed by atoms with Gasteiger partial charge in [0.15, 0.2) is 0 Å². The predicted octanol–water partition coefficient (Wildman–Crippen LogP) is 1.95. The molecule has 0 amide bonds. The zero-order chi connectivity index (χ0) is 11.7. The van der Waals surface area contributed by atoms with E-state index in [2.05, 4.69) is 10.1 Å². The van der Waals surface area contributed by atoms with Crippen molar-refractivity contribution in [3.05, 3.63) is 40.4 Å². The van der Waals surface area contributed by atoms with Crippen molar-refractivity contribution in [3.63, 3.8) is 0 Å². The summed E-state index contributed by atoms with van der Waals surface area (Å²) in [7, 11) is 0. The molecule has 1 aromatic carbocycles. The van der Waals surface area contributed by atoms with Crippen LogP contribution in [0.1, 0.15) is 19.7 Å². The van der Waals surface area contributed by atoms with Crippen LogP contribution >= 0.6 is 0 Å². The van der Waals surface area contributed by atoms with Gasteiger partial charge in [0, 0.05) is 5.71 Å². The van der Waals surface area contributed by atoms with Crippen LogP contribution in [0, 0.1) is 6.92 Å². The molecule has 82 valence electrons. The van der Waals surface area contributed by atoms with Crippen molar-refractivity contribution in [3.8, 4) is 0 Å². The fourth-order valence-corrected chi connectivity index (χ4v) is 1.55. The summed E-state index contributed by atoms with van der Waals surface area (Å²) in [5, 5.41) is 4.76. The molecular formula is C12H13N3O. The van der Waals surface area contributed by atoms with Gasteiger partial charge in [0.2, 0.25) is 0 Å². The minimum Gasteiger partial charge on any atom is -0.267 e. The summed E-state index contributed by atoms with van der Waals surface area (Å²) >= 11 is 0. The summed E-state index contributed by atoms with van der Waals surface area (Å²) in [6.07, 6.45) is 0. The normalized spacial score (nSPS) is 10.4. The first-order valence-electron chi connectivity index (χ1n) is 5.10. The first-order valence-corrected chi connectivity index (χ1v) is 5.10. The van der Waals surface area contributed by atoms with E-state index < -0.39 is 0 Å². The monoisotopic (exact) mass is 215 g/mol. The van der Waals surface area contributed by atoms with E-state index in [4.69, 9.17) is 0 Å². The summed E-state index contributed by atoms with van der Waals surface area (Å²) in [5.74, 6) is 0.602. The molecule has 0 atom stereocenters. The maximum atomic E-state index is 12.1. The van der Waals surface area contributed by atoms with E-state index in [0.717, 1.165) is 5.71 Å². The van der Waals surface area contributed by atoms with E-state index in [0.29, 0.717) is 16.7 Å². The summed E-state index contributed by atoms with van der Waals surface area (Å²) < 4.78 is 1.34. The molecule has 0 fully saturated rings. The summed E-state index contributed by atoms with van der Waals surface area (Å²) in [6.45, 7) is 5.47. The van der Waals surface area contributed by atoms with Crippen LogP contribution in [0.3, 0.4) is 0 Å². The van der Waals surface area contributed by atoms with Crippen LogP contribution in [0.5, 0.6) is 0 Å². The molecule has 0 bridgehead atoms. The van der Waals surface area contributed by atoms with Crippen molar-refractivity contribution >= 4 is 16.6 Å². The van der Waals surface area contributed by atoms with Crippen molar-refractivity contribution in [1.82, 2.24) is 9.66 Å². The van der Waals surface area contributed by atoms with Crippen LogP contribution in [0.4, 0.5) is 0 Å². The maximum absolute atomic E-state index is 12.1. The lowest BCUT2D eigenvalue weighted by Gasteiger charge is -2.05. The van der Waals surface area contributed by atoms with Crippen molar-refractivity contribution in [2.75, 3.05) is 0 Å². The molecule has 0 aliphatic heterocycles. The Morgan fingerprint density at radius 3 is 2.69 bits per heavy atom. The highest BCUT2D eigenvalue weighted by Gasteiger charge is 2.06. The van der Waals surface area contributed by atoms with Gasteiger partial charge in [0.05, 0.1) is 10.9 Å². The van der Waals surface area contributed by atoms with Gasteiger partial charge in [0.1, 0.15) is 5.82 Å². The smallest absolute Gasteiger partial charge is 0.267 e. The summed E-state index contributed by atoms with van der Waals surface area (Å²) in [5.41, 5.74) is 1.41. The second kappa shape index (κ2) is 3.89. The SMILES string of the molecule is CC(C)=Nn1c(C)nc2ccccc2c1=O. The van der Waals surface area contributed by atoms with Crippen molar-refractivity contribution in [2.45, 2.75) is 20.8 Å². The molecule has 0 aliphatic rings. The topological polar surface area (TPSA) is 47.2 Å². The van der Waals surface area contributed by atoms with Crippen molar-refractivity contribution < 1.29 is 0 Å². The number of para-hydroxylation sites is 1. The van der Waals surface area contributed by atoms with Crippen LogP contribution in [0.25, 0.3) is 10.9 Å². The fraction of sp³-hybridized carbons (Fsp3) is 0.250. The minimum atomic E-state index is -0.121. The second-order valence-corrected chi connectivity index (χ2v) is 3.84. The van der Waals surface area contributed by atoms with Gasteiger partial charge >= 0.3 is 0 Å². The molecular weight excluding hydrogens is 202 g/mol. The van der Waals surface area contributed by atoms with Gasteiger partial charge in [-0.1, -0.05) is 12.1 Å². The van der Waals surface area contributed by atoms with E-state index in [9.17, 15) is 4.79 Å². The van der Waals surface area contributed by atoms with E-state index >= 15 is 0 Å². The molecule has 0 radical (unpaired) electrons.